The fraction of sp³-hybridized carbons (Fsp3) is 0.524. The van der Waals surface area contributed by atoms with E-state index in [-0.39, 0.29) is 36.5 Å². The van der Waals surface area contributed by atoms with Gasteiger partial charge in [0.25, 0.3) is 0 Å². The Bertz CT molecular complexity index is 699. The highest BCUT2D eigenvalue weighted by molar-refractivity contribution is 6.87. The van der Waals surface area contributed by atoms with E-state index in [4.69, 9.17) is 9.47 Å². The van der Waals surface area contributed by atoms with Crippen LogP contribution in [-0.2, 0) is 20.9 Å². The zero-order valence-corrected chi connectivity index (χ0v) is 17.4. The van der Waals surface area contributed by atoms with Crippen LogP contribution in [0.3, 0.4) is 0 Å². The number of piperidine rings is 1. The van der Waals surface area contributed by atoms with E-state index in [2.05, 4.69) is 26.2 Å². The Balaban J connectivity index is 1.65. The lowest BCUT2D eigenvalue weighted by Crippen LogP contribution is -2.60. The van der Waals surface area contributed by atoms with E-state index < -0.39 is 8.07 Å². The summed E-state index contributed by atoms with van der Waals surface area (Å²) in [4.78, 5) is 27.4. The zero-order chi connectivity index (χ0) is 19.6. The molecule has 2 aliphatic heterocycles. The number of hydrogen-bond donors (Lipinski definition) is 0. The van der Waals surface area contributed by atoms with E-state index in [0.29, 0.717) is 26.1 Å². The topological polar surface area (TPSA) is 55.8 Å². The predicted molar refractivity (Wildman–Crippen MR) is 107 cm³/mol. The molecule has 0 aromatic heterocycles. The van der Waals surface area contributed by atoms with Crippen LogP contribution < -0.4 is 0 Å². The van der Waals surface area contributed by atoms with E-state index in [1.165, 1.54) is 0 Å². The molecular formula is C21H29NO4Si. The highest BCUT2D eigenvalue weighted by Gasteiger charge is 2.45. The molecule has 0 radical (unpaired) electrons. The second-order valence-corrected chi connectivity index (χ2v) is 13.7. The van der Waals surface area contributed by atoms with Gasteiger partial charge in [0.2, 0.25) is 0 Å². The number of allylic oxidation sites excluding steroid dienone is 1. The molecule has 0 aliphatic carbocycles. The van der Waals surface area contributed by atoms with Crippen molar-refractivity contribution in [2.75, 3.05) is 13.2 Å². The molecule has 3 rings (SSSR count). The van der Waals surface area contributed by atoms with Gasteiger partial charge in [-0.05, 0) is 23.6 Å². The smallest absolute Gasteiger partial charge is 0.410 e. The van der Waals surface area contributed by atoms with Gasteiger partial charge >= 0.3 is 6.09 Å². The van der Waals surface area contributed by atoms with Crippen LogP contribution in [0.15, 0.2) is 42.1 Å². The third-order valence-corrected chi connectivity index (χ3v) is 7.57. The fourth-order valence-corrected chi connectivity index (χ4v) is 4.78. The number of carbonyl (C=O) groups is 2. The van der Waals surface area contributed by atoms with Crippen LogP contribution in [0.4, 0.5) is 4.79 Å². The Kier molecular flexibility index (Phi) is 5.86. The Morgan fingerprint density at radius 3 is 2.30 bits per heavy atom. The van der Waals surface area contributed by atoms with Crippen LogP contribution in [0, 0.1) is 5.92 Å². The number of ether oxygens (including phenoxy) is 2. The molecule has 6 heteroatoms. The van der Waals surface area contributed by atoms with Crippen molar-refractivity contribution in [3.8, 4) is 0 Å². The first-order valence-corrected chi connectivity index (χ1v) is 13.1. The van der Waals surface area contributed by atoms with Gasteiger partial charge in [-0.1, -0.05) is 56.6 Å². The Labute approximate surface area is 162 Å². The minimum atomic E-state index is -1.71. The first-order valence-electron chi connectivity index (χ1n) is 9.57. The molecule has 1 aromatic carbocycles. The molecule has 2 aliphatic rings. The molecule has 5 nitrogen and oxygen atoms in total. The number of nitrogens with zero attached hydrogens (tertiary/aromatic N) is 1. The summed E-state index contributed by atoms with van der Waals surface area (Å²) in [6, 6.07) is 9.44. The standard InChI is InChI=1S/C21H29NO4Si/c1-15(27(2,3)4)20(23)17-10-18-13-25-14-19(11-17)22(18)21(24)26-12-16-8-6-5-7-9-16/h5-9,17-19H,1,10-14H2,2-4H3. The lowest BCUT2D eigenvalue weighted by atomic mass is 9.82. The Morgan fingerprint density at radius 2 is 1.74 bits per heavy atom. The maximum absolute atomic E-state index is 12.9. The highest BCUT2D eigenvalue weighted by Crippen LogP contribution is 2.35. The van der Waals surface area contributed by atoms with Gasteiger partial charge < -0.3 is 9.47 Å². The van der Waals surface area contributed by atoms with Crippen molar-refractivity contribution >= 4 is 20.0 Å². The van der Waals surface area contributed by atoms with Crippen molar-refractivity contribution in [2.45, 2.75) is 51.2 Å². The van der Waals surface area contributed by atoms with Crippen molar-refractivity contribution in [2.24, 2.45) is 5.92 Å². The van der Waals surface area contributed by atoms with Gasteiger partial charge in [-0.15, -0.1) is 0 Å². The average Bonchev–Trinajstić information content (AvgIpc) is 2.64. The third kappa shape index (κ3) is 4.50. The van der Waals surface area contributed by atoms with Gasteiger partial charge in [-0.2, -0.15) is 0 Å². The Hall–Kier alpha value is -1.92. The summed E-state index contributed by atoms with van der Waals surface area (Å²) in [6.45, 7) is 11.7. The summed E-state index contributed by atoms with van der Waals surface area (Å²) >= 11 is 0. The minimum Gasteiger partial charge on any atom is -0.445 e. The van der Waals surface area contributed by atoms with Crippen molar-refractivity contribution in [1.29, 1.82) is 0 Å². The van der Waals surface area contributed by atoms with E-state index >= 15 is 0 Å². The lowest BCUT2D eigenvalue weighted by Gasteiger charge is -2.47. The fourth-order valence-electron chi connectivity index (χ4n) is 3.84. The number of benzene rings is 1. The number of rotatable bonds is 5. The molecule has 2 heterocycles. The average molecular weight is 388 g/mol. The quantitative estimate of drug-likeness (QED) is 0.569. The van der Waals surface area contributed by atoms with E-state index in [1.54, 1.807) is 4.90 Å². The molecule has 0 spiro atoms. The lowest BCUT2D eigenvalue weighted by molar-refractivity contribution is -0.127. The van der Waals surface area contributed by atoms with Gasteiger partial charge in [0.15, 0.2) is 5.78 Å². The molecular weight excluding hydrogens is 358 g/mol. The largest absolute Gasteiger partial charge is 0.445 e. The van der Waals surface area contributed by atoms with Gasteiger partial charge in [-0.3, -0.25) is 9.69 Å². The number of ketones is 1. The molecule has 0 saturated carbocycles. The zero-order valence-electron chi connectivity index (χ0n) is 16.4. The number of hydrogen-bond acceptors (Lipinski definition) is 4. The monoisotopic (exact) mass is 387 g/mol. The molecule has 1 aromatic rings. The second kappa shape index (κ2) is 7.98. The predicted octanol–water partition coefficient (Wildman–Crippen LogP) is 3.81. The maximum Gasteiger partial charge on any atom is 0.410 e. The molecule has 0 N–H and O–H groups in total. The van der Waals surface area contributed by atoms with Gasteiger partial charge in [0, 0.05) is 5.92 Å². The first kappa shape index (κ1) is 19.8. The van der Waals surface area contributed by atoms with Gasteiger partial charge in [0.05, 0.1) is 33.4 Å². The van der Waals surface area contributed by atoms with Crippen LogP contribution in [0.5, 0.6) is 0 Å². The van der Waals surface area contributed by atoms with Crippen LogP contribution >= 0.6 is 0 Å². The van der Waals surface area contributed by atoms with Crippen molar-refractivity contribution in [3.05, 3.63) is 47.7 Å². The summed E-state index contributed by atoms with van der Waals surface area (Å²) < 4.78 is 11.2. The maximum atomic E-state index is 12.9. The number of carbonyl (C=O) groups excluding carboxylic acids is 2. The number of Topliss-reactive ketones (excluding diaryl/α,β-unsaturated/α-hetero) is 1. The number of amides is 1. The van der Waals surface area contributed by atoms with Crippen LogP contribution in [0.2, 0.25) is 19.6 Å². The molecule has 27 heavy (non-hydrogen) atoms. The van der Waals surface area contributed by atoms with E-state index in [0.717, 1.165) is 10.8 Å². The highest BCUT2D eigenvalue weighted by atomic mass is 28.3. The summed E-state index contributed by atoms with van der Waals surface area (Å²) in [5.41, 5.74) is 0.962. The van der Waals surface area contributed by atoms with Crippen LogP contribution in [0.25, 0.3) is 0 Å². The molecule has 2 bridgehead atoms. The van der Waals surface area contributed by atoms with Crippen molar-refractivity contribution in [1.82, 2.24) is 4.90 Å². The summed E-state index contributed by atoms with van der Waals surface area (Å²) in [7, 11) is -1.71. The molecule has 2 saturated heterocycles. The van der Waals surface area contributed by atoms with Crippen molar-refractivity contribution < 1.29 is 19.1 Å². The summed E-state index contributed by atoms with van der Waals surface area (Å²) in [6.07, 6.45) is 0.936. The second-order valence-electron chi connectivity index (χ2n) is 8.55. The van der Waals surface area contributed by atoms with Gasteiger partial charge in [-0.25, -0.2) is 4.79 Å². The minimum absolute atomic E-state index is 0.0682. The number of fused-ring (bicyclic) bond motifs is 2. The Morgan fingerprint density at radius 1 is 1.15 bits per heavy atom. The normalized spacial score (nSPS) is 25.0. The SMILES string of the molecule is C=C(C(=O)C1CC2COCC(C1)N2C(=O)OCc1ccccc1)[Si](C)(C)C. The summed E-state index contributed by atoms with van der Waals surface area (Å²) in [5.74, 6) is 0.115. The molecule has 2 unspecified atom stereocenters. The van der Waals surface area contributed by atoms with E-state index in [9.17, 15) is 9.59 Å². The third-order valence-electron chi connectivity index (χ3n) is 5.51. The summed E-state index contributed by atoms with van der Waals surface area (Å²) in [5, 5.41) is 0.798. The molecule has 2 fully saturated rings. The molecule has 1 amide bonds. The first-order chi connectivity index (χ1) is 12.8. The van der Waals surface area contributed by atoms with Gasteiger partial charge in [0.1, 0.15) is 6.61 Å². The van der Waals surface area contributed by atoms with Crippen LogP contribution in [-0.4, -0.2) is 50.1 Å². The van der Waals surface area contributed by atoms with Crippen molar-refractivity contribution in [3.63, 3.8) is 0 Å². The number of morpholine rings is 1. The van der Waals surface area contributed by atoms with E-state index in [1.807, 2.05) is 30.3 Å². The molecule has 2 atom stereocenters. The molecule has 146 valence electrons. The van der Waals surface area contributed by atoms with Crippen LogP contribution in [0.1, 0.15) is 18.4 Å².